The van der Waals surface area contributed by atoms with Gasteiger partial charge in [-0.3, -0.25) is 4.79 Å². The number of carbonyl (C=O) groups is 1. The van der Waals surface area contributed by atoms with Crippen molar-refractivity contribution < 1.29 is 13.2 Å². The highest BCUT2D eigenvalue weighted by molar-refractivity contribution is 7.90. The smallest absolute Gasteiger partial charge is 0.283 e. The fourth-order valence-electron chi connectivity index (χ4n) is 2.85. The molecule has 1 amide bonds. The van der Waals surface area contributed by atoms with E-state index in [0.717, 1.165) is 9.65 Å². The number of rotatable bonds is 5. The fourth-order valence-corrected chi connectivity index (χ4v) is 4.14. The third-order valence-corrected chi connectivity index (χ3v) is 5.96. The standard InChI is InChI=1S/C19H21N3O3S/c1-4-21(5-2)19(23)18-16-8-6-7-9-17(16)22(20-18)26(24,25)15-12-10-14(3)11-13-15/h6-13H,4-5H2,1-3H3. The molecule has 3 aromatic rings. The molecule has 6 nitrogen and oxygen atoms in total. The number of carbonyl (C=O) groups excluding carboxylic acids is 1. The minimum Gasteiger partial charge on any atom is -0.338 e. The average molecular weight is 371 g/mol. The van der Waals surface area contributed by atoms with E-state index in [1.54, 1.807) is 53.4 Å². The van der Waals surface area contributed by atoms with Crippen molar-refractivity contribution in [1.82, 2.24) is 14.1 Å². The molecule has 7 heteroatoms. The van der Waals surface area contributed by atoms with Crippen LogP contribution in [-0.2, 0) is 10.0 Å². The van der Waals surface area contributed by atoms with Gasteiger partial charge in [-0.2, -0.15) is 17.6 Å². The Hall–Kier alpha value is -2.67. The van der Waals surface area contributed by atoms with Crippen molar-refractivity contribution in [2.75, 3.05) is 13.1 Å². The molecule has 0 aliphatic heterocycles. The van der Waals surface area contributed by atoms with Gasteiger partial charge in [-0.15, -0.1) is 0 Å². The van der Waals surface area contributed by atoms with Gasteiger partial charge in [0.1, 0.15) is 0 Å². The SMILES string of the molecule is CCN(CC)C(=O)c1nn(S(=O)(=O)c2ccc(C)cc2)c2ccccc12. The Labute approximate surface area is 153 Å². The number of para-hydroxylation sites is 1. The molecule has 0 fully saturated rings. The van der Waals surface area contributed by atoms with Crippen molar-refractivity contribution in [3.8, 4) is 0 Å². The van der Waals surface area contributed by atoms with E-state index >= 15 is 0 Å². The quantitative estimate of drug-likeness (QED) is 0.691. The van der Waals surface area contributed by atoms with Crippen LogP contribution in [0.2, 0.25) is 0 Å². The molecule has 0 saturated heterocycles. The second kappa shape index (κ2) is 6.92. The molecule has 0 radical (unpaired) electrons. The minimum atomic E-state index is -3.90. The molecule has 0 aliphatic carbocycles. The number of aromatic nitrogens is 2. The van der Waals surface area contributed by atoms with Crippen LogP contribution in [0, 0.1) is 6.92 Å². The Morgan fingerprint density at radius 3 is 2.27 bits per heavy atom. The zero-order chi connectivity index (χ0) is 18.9. The van der Waals surface area contributed by atoms with Gasteiger partial charge in [0.25, 0.3) is 15.9 Å². The molecular weight excluding hydrogens is 350 g/mol. The maximum absolute atomic E-state index is 13.1. The van der Waals surface area contributed by atoms with Gasteiger partial charge in [-0.1, -0.05) is 35.9 Å². The molecule has 0 atom stereocenters. The predicted octanol–water partition coefficient (Wildman–Crippen LogP) is 3.06. The van der Waals surface area contributed by atoms with Crippen molar-refractivity contribution in [1.29, 1.82) is 0 Å². The molecule has 2 aromatic carbocycles. The first-order chi connectivity index (χ1) is 12.4. The minimum absolute atomic E-state index is 0.137. The van der Waals surface area contributed by atoms with Gasteiger partial charge < -0.3 is 4.90 Å². The summed E-state index contributed by atoms with van der Waals surface area (Å²) >= 11 is 0. The second-order valence-corrected chi connectivity index (χ2v) is 7.77. The third kappa shape index (κ3) is 2.99. The van der Waals surface area contributed by atoms with Crippen molar-refractivity contribution >= 4 is 26.8 Å². The van der Waals surface area contributed by atoms with Crippen molar-refractivity contribution in [3.63, 3.8) is 0 Å². The van der Waals surface area contributed by atoms with Gasteiger partial charge in [-0.25, -0.2) is 0 Å². The van der Waals surface area contributed by atoms with E-state index in [4.69, 9.17) is 0 Å². The lowest BCUT2D eigenvalue weighted by Crippen LogP contribution is -2.31. The Morgan fingerprint density at radius 2 is 1.65 bits per heavy atom. The number of hydrogen-bond acceptors (Lipinski definition) is 4. The third-order valence-electron chi connectivity index (χ3n) is 4.36. The molecule has 0 saturated carbocycles. The molecule has 0 bridgehead atoms. The molecule has 0 aliphatic rings. The second-order valence-electron chi connectivity index (χ2n) is 6.00. The summed E-state index contributed by atoms with van der Waals surface area (Å²) < 4.78 is 27.1. The van der Waals surface area contributed by atoms with E-state index in [2.05, 4.69) is 5.10 Å². The molecule has 136 valence electrons. The Morgan fingerprint density at radius 1 is 1.04 bits per heavy atom. The van der Waals surface area contributed by atoms with Crippen LogP contribution in [0.25, 0.3) is 10.9 Å². The lowest BCUT2D eigenvalue weighted by atomic mass is 10.2. The van der Waals surface area contributed by atoms with Crippen LogP contribution in [-0.4, -0.2) is 41.5 Å². The molecule has 26 heavy (non-hydrogen) atoms. The predicted molar refractivity (Wildman–Crippen MR) is 101 cm³/mol. The highest BCUT2D eigenvalue weighted by Crippen LogP contribution is 2.24. The van der Waals surface area contributed by atoms with Crippen LogP contribution in [0.3, 0.4) is 0 Å². The van der Waals surface area contributed by atoms with Gasteiger partial charge in [-0.05, 0) is 39.0 Å². The summed E-state index contributed by atoms with van der Waals surface area (Å²) in [6.07, 6.45) is 0. The van der Waals surface area contributed by atoms with Gasteiger partial charge in [0.15, 0.2) is 5.69 Å². The van der Waals surface area contributed by atoms with E-state index in [9.17, 15) is 13.2 Å². The number of fused-ring (bicyclic) bond motifs is 1. The molecule has 0 N–H and O–H groups in total. The van der Waals surface area contributed by atoms with Gasteiger partial charge >= 0.3 is 0 Å². The molecule has 1 aromatic heterocycles. The lowest BCUT2D eigenvalue weighted by Gasteiger charge is -2.17. The van der Waals surface area contributed by atoms with Crippen LogP contribution in [0.1, 0.15) is 29.9 Å². The summed E-state index contributed by atoms with van der Waals surface area (Å²) in [7, 11) is -3.90. The summed E-state index contributed by atoms with van der Waals surface area (Å²) in [5.74, 6) is -0.274. The van der Waals surface area contributed by atoms with Gasteiger partial charge in [0, 0.05) is 18.5 Å². The van der Waals surface area contributed by atoms with Crippen LogP contribution >= 0.6 is 0 Å². The zero-order valence-corrected chi connectivity index (χ0v) is 15.8. The average Bonchev–Trinajstić information content (AvgIpc) is 3.03. The van der Waals surface area contributed by atoms with Crippen LogP contribution in [0.4, 0.5) is 0 Å². The normalized spacial score (nSPS) is 11.7. The van der Waals surface area contributed by atoms with E-state index in [-0.39, 0.29) is 16.5 Å². The monoisotopic (exact) mass is 371 g/mol. The fraction of sp³-hybridized carbons (Fsp3) is 0.263. The maximum Gasteiger partial charge on any atom is 0.283 e. The summed E-state index contributed by atoms with van der Waals surface area (Å²) in [5.41, 5.74) is 1.51. The summed E-state index contributed by atoms with van der Waals surface area (Å²) in [6, 6.07) is 13.5. The van der Waals surface area contributed by atoms with E-state index in [0.29, 0.717) is 24.0 Å². The number of benzene rings is 2. The largest absolute Gasteiger partial charge is 0.338 e. The Kier molecular flexibility index (Phi) is 4.82. The molecule has 0 spiro atoms. The lowest BCUT2D eigenvalue weighted by molar-refractivity contribution is 0.0769. The zero-order valence-electron chi connectivity index (χ0n) is 15.0. The van der Waals surface area contributed by atoms with Crippen molar-refractivity contribution in [2.24, 2.45) is 0 Å². The van der Waals surface area contributed by atoms with Crippen LogP contribution in [0.5, 0.6) is 0 Å². The number of hydrogen-bond donors (Lipinski definition) is 0. The Balaban J connectivity index is 2.22. The van der Waals surface area contributed by atoms with Crippen molar-refractivity contribution in [3.05, 3.63) is 59.8 Å². The van der Waals surface area contributed by atoms with E-state index in [1.165, 1.54) is 0 Å². The number of aryl methyl sites for hydroxylation is 1. The highest BCUT2D eigenvalue weighted by atomic mass is 32.2. The van der Waals surface area contributed by atoms with Crippen LogP contribution < -0.4 is 0 Å². The van der Waals surface area contributed by atoms with Crippen LogP contribution in [0.15, 0.2) is 53.4 Å². The Bertz CT molecular complexity index is 1050. The van der Waals surface area contributed by atoms with E-state index < -0.39 is 10.0 Å². The molecule has 0 unspecified atom stereocenters. The first kappa shape index (κ1) is 18.1. The van der Waals surface area contributed by atoms with E-state index in [1.807, 2.05) is 20.8 Å². The van der Waals surface area contributed by atoms with Gasteiger partial charge in [0.2, 0.25) is 0 Å². The topological polar surface area (TPSA) is 72.3 Å². The van der Waals surface area contributed by atoms with Crippen molar-refractivity contribution in [2.45, 2.75) is 25.7 Å². The summed E-state index contributed by atoms with van der Waals surface area (Å²) in [4.78, 5) is 14.6. The molecule has 1 heterocycles. The van der Waals surface area contributed by atoms with Gasteiger partial charge in [0.05, 0.1) is 10.4 Å². The first-order valence-corrected chi connectivity index (χ1v) is 9.93. The summed E-state index contributed by atoms with van der Waals surface area (Å²) in [6.45, 7) is 6.70. The highest BCUT2D eigenvalue weighted by Gasteiger charge is 2.26. The maximum atomic E-state index is 13.1. The molecule has 3 rings (SSSR count). The first-order valence-electron chi connectivity index (χ1n) is 8.49. The molecular formula is C19H21N3O3S. The summed E-state index contributed by atoms with van der Waals surface area (Å²) in [5, 5.41) is 4.74. The number of nitrogens with zero attached hydrogens (tertiary/aromatic N) is 3. The number of amides is 1.